The highest BCUT2D eigenvalue weighted by Gasteiger charge is 2.25. The van der Waals surface area contributed by atoms with Gasteiger partial charge in [-0.25, -0.2) is 0 Å². The highest BCUT2D eigenvalue weighted by molar-refractivity contribution is 7.90. The largest absolute Gasteiger partial charge is 0.598 e. The van der Waals surface area contributed by atoms with Crippen molar-refractivity contribution in [3.05, 3.63) is 0 Å². The van der Waals surface area contributed by atoms with Crippen LogP contribution in [0.1, 0.15) is 46.0 Å². The van der Waals surface area contributed by atoms with Gasteiger partial charge in [-0.2, -0.15) is 0 Å². The molecule has 0 amide bonds. The van der Waals surface area contributed by atoms with Crippen molar-refractivity contribution in [1.29, 1.82) is 0 Å². The molecule has 0 aromatic heterocycles. The first-order valence-corrected chi connectivity index (χ1v) is 6.08. The van der Waals surface area contributed by atoms with Crippen molar-refractivity contribution in [3.63, 3.8) is 0 Å². The third-order valence-corrected chi connectivity index (χ3v) is 3.99. The molecule has 0 heterocycles. The minimum Gasteiger partial charge on any atom is -0.598 e. The molecule has 0 spiro atoms. The van der Waals surface area contributed by atoms with E-state index in [1.54, 1.807) is 0 Å². The summed E-state index contributed by atoms with van der Waals surface area (Å²) < 4.78 is 14.7. The molecule has 0 saturated heterocycles. The van der Waals surface area contributed by atoms with E-state index in [9.17, 15) is 4.55 Å². The third kappa shape index (κ3) is 3.33. The van der Waals surface area contributed by atoms with E-state index in [4.69, 9.17) is 0 Å². The Morgan fingerprint density at radius 1 is 1.25 bits per heavy atom. The SMILES string of the molecule is CC(C)N[S+]([O-])C1CCCCC1. The van der Waals surface area contributed by atoms with Crippen molar-refractivity contribution in [1.82, 2.24) is 4.72 Å². The molecular formula is C9H19NOS. The van der Waals surface area contributed by atoms with Gasteiger partial charge in [-0.05, 0) is 39.5 Å². The Bertz CT molecular complexity index is 124. The molecular weight excluding hydrogens is 170 g/mol. The van der Waals surface area contributed by atoms with Gasteiger partial charge in [0, 0.05) is 17.4 Å². The first-order valence-electron chi connectivity index (χ1n) is 4.87. The molecule has 72 valence electrons. The second-order valence-corrected chi connectivity index (χ2v) is 5.33. The Balaban J connectivity index is 2.24. The predicted molar refractivity (Wildman–Crippen MR) is 53.3 cm³/mol. The minimum atomic E-state index is -0.787. The minimum absolute atomic E-state index is 0.341. The molecule has 12 heavy (non-hydrogen) atoms. The molecule has 0 aliphatic heterocycles. The molecule has 1 saturated carbocycles. The van der Waals surface area contributed by atoms with E-state index in [1.807, 2.05) is 13.8 Å². The Kier molecular flexibility index (Phi) is 4.40. The summed E-state index contributed by atoms with van der Waals surface area (Å²) in [6.45, 7) is 4.08. The molecule has 1 N–H and O–H groups in total. The van der Waals surface area contributed by atoms with Gasteiger partial charge in [0.2, 0.25) is 0 Å². The summed E-state index contributed by atoms with van der Waals surface area (Å²) in [5.41, 5.74) is 0. The van der Waals surface area contributed by atoms with Gasteiger partial charge in [0.05, 0.1) is 0 Å². The van der Waals surface area contributed by atoms with Gasteiger partial charge in [0.25, 0.3) is 0 Å². The second-order valence-electron chi connectivity index (χ2n) is 3.83. The van der Waals surface area contributed by atoms with Crippen molar-refractivity contribution in [2.45, 2.75) is 57.2 Å². The Hall–Kier alpha value is 0.270. The van der Waals surface area contributed by atoms with Crippen molar-refractivity contribution in [2.75, 3.05) is 0 Å². The highest BCUT2D eigenvalue weighted by atomic mass is 32.2. The molecule has 1 aliphatic carbocycles. The summed E-state index contributed by atoms with van der Waals surface area (Å²) in [7, 11) is 0. The monoisotopic (exact) mass is 189 g/mol. The maximum absolute atomic E-state index is 11.6. The zero-order chi connectivity index (χ0) is 8.97. The molecule has 1 fully saturated rings. The first-order chi connectivity index (χ1) is 5.70. The van der Waals surface area contributed by atoms with Crippen molar-refractivity contribution in [3.8, 4) is 0 Å². The van der Waals surface area contributed by atoms with Gasteiger partial charge in [-0.1, -0.05) is 6.42 Å². The quantitative estimate of drug-likeness (QED) is 0.689. The van der Waals surface area contributed by atoms with E-state index in [0.717, 1.165) is 12.8 Å². The standard InChI is InChI=1S/C9H19NOS/c1-8(2)10-12(11)9-6-4-3-5-7-9/h8-10H,3-7H2,1-2H3. The van der Waals surface area contributed by atoms with Crippen LogP contribution >= 0.6 is 0 Å². The van der Waals surface area contributed by atoms with Crippen LogP contribution in [-0.4, -0.2) is 15.8 Å². The summed E-state index contributed by atoms with van der Waals surface area (Å²) in [4.78, 5) is 0. The Morgan fingerprint density at radius 3 is 2.33 bits per heavy atom. The lowest BCUT2D eigenvalue weighted by atomic mass is 10.0. The lowest BCUT2D eigenvalue weighted by Crippen LogP contribution is -2.39. The molecule has 2 nitrogen and oxygen atoms in total. The fourth-order valence-corrected chi connectivity index (χ4v) is 3.03. The van der Waals surface area contributed by atoms with E-state index < -0.39 is 11.4 Å². The van der Waals surface area contributed by atoms with Crippen LogP contribution in [0.4, 0.5) is 0 Å². The normalized spacial score (nSPS) is 23.0. The van der Waals surface area contributed by atoms with Gasteiger partial charge >= 0.3 is 0 Å². The van der Waals surface area contributed by atoms with E-state index in [1.165, 1.54) is 19.3 Å². The molecule has 0 aromatic carbocycles. The summed E-state index contributed by atoms with van der Waals surface area (Å²) in [6, 6.07) is 0.341. The van der Waals surface area contributed by atoms with Gasteiger partial charge in [-0.15, -0.1) is 4.72 Å². The summed E-state index contributed by atoms with van der Waals surface area (Å²) in [6.07, 6.45) is 6.14. The first kappa shape index (κ1) is 10.4. The number of nitrogens with one attached hydrogen (secondary N) is 1. The van der Waals surface area contributed by atoms with Crippen molar-refractivity contribution < 1.29 is 4.55 Å². The predicted octanol–water partition coefficient (Wildman–Crippen LogP) is 1.98. The van der Waals surface area contributed by atoms with Crippen LogP contribution in [0.2, 0.25) is 0 Å². The zero-order valence-electron chi connectivity index (χ0n) is 8.01. The van der Waals surface area contributed by atoms with Crippen LogP contribution in [0.3, 0.4) is 0 Å². The number of hydrogen-bond donors (Lipinski definition) is 1. The smallest absolute Gasteiger partial charge is 0.135 e. The Morgan fingerprint density at radius 2 is 1.83 bits per heavy atom. The van der Waals surface area contributed by atoms with E-state index in [2.05, 4.69) is 4.72 Å². The molecule has 1 unspecified atom stereocenters. The molecule has 3 heteroatoms. The summed E-state index contributed by atoms with van der Waals surface area (Å²) >= 11 is -0.787. The topological polar surface area (TPSA) is 35.1 Å². The third-order valence-electron chi connectivity index (χ3n) is 2.21. The second kappa shape index (κ2) is 5.10. The number of hydrogen-bond acceptors (Lipinski definition) is 2. The van der Waals surface area contributed by atoms with Crippen LogP contribution in [0.25, 0.3) is 0 Å². The number of rotatable bonds is 3. The molecule has 1 rings (SSSR count). The van der Waals surface area contributed by atoms with E-state index in [-0.39, 0.29) is 0 Å². The lowest BCUT2D eigenvalue weighted by molar-refractivity contribution is 0.473. The summed E-state index contributed by atoms with van der Waals surface area (Å²) in [5, 5.41) is 0.418. The maximum Gasteiger partial charge on any atom is 0.135 e. The van der Waals surface area contributed by atoms with Crippen LogP contribution in [0, 0.1) is 0 Å². The molecule has 0 aromatic rings. The molecule has 1 aliphatic rings. The van der Waals surface area contributed by atoms with Gasteiger partial charge in [0.15, 0.2) is 0 Å². The molecule has 0 bridgehead atoms. The molecule has 0 radical (unpaired) electrons. The van der Waals surface area contributed by atoms with E-state index >= 15 is 0 Å². The van der Waals surface area contributed by atoms with Crippen LogP contribution in [-0.2, 0) is 11.4 Å². The van der Waals surface area contributed by atoms with Crippen molar-refractivity contribution in [2.24, 2.45) is 0 Å². The zero-order valence-corrected chi connectivity index (χ0v) is 8.82. The average Bonchev–Trinajstić information content (AvgIpc) is 2.05. The van der Waals surface area contributed by atoms with Crippen molar-refractivity contribution >= 4 is 11.4 Å². The molecule has 1 atom stereocenters. The van der Waals surface area contributed by atoms with E-state index in [0.29, 0.717) is 11.3 Å². The van der Waals surface area contributed by atoms with Crippen LogP contribution in [0.5, 0.6) is 0 Å². The van der Waals surface area contributed by atoms with Gasteiger partial charge < -0.3 is 4.55 Å². The maximum atomic E-state index is 11.6. The van der Waals surface area contributed by atoms with Gasteiger partial charge in [0.1, 0.15) is 5.25 Å². The van der Waals surface area contributed by atoms with Crippen LogP contribution in [0.15, 0.2) is 0 Å². The fraction of sp³-hybridized carbons (Fsp3) is 1.00. The summed E-state index contributed by atoms with van der Waals surface area (Å²) in [5.74, 6) is 0. The Labute approximate surface area is 78.4 Å². The van der Waals surface area contributed by atoms with Crippen LogP contribution < -0.4 is 4.72 Å². The lowest BCUT2D eigenvalue weighted by Gasteiger charge is -2.25. The van der Waals surface area contributed by atoms with Gasteiger partial charge in [-0.3, -0.25) is 0 Å². The average molecular weight is 189 g/mol. The highest BCUT2D eigenvalue weighted by Crippen LogP contribution is 2.23. The fourth-order valence-electron chi connectivity index (χ4n) is 1.61.